The molecule has 0 unspecified atom stereocenters. The maximum absolute atomic E-state index is 12.9. The molecular formula is C23H17Cl2F3N4O5. The maximum atomic E-state index is 12.9. The van der Waals surface area contributed by atoms with Crippen molar-refractivity contribution in [2.24, 2.45) is 0 Å². The molecule has 14 heteroatoms. The summed E-state index contributed by atoms with van der Waals surface area (Å²) in [6, 6.07) is 12.8. The van der Waals surface area contributed by atoms with Crippen LogP contribution in [0.3, 0.4) is 0 Å². The van der Waals surface area contributed by atoms with E-state index in [1.165, 1.54) is 24.3 Å². The number of hydrogen-bond acceptors (Lipinski definition) is 8. The molecule has 3 aliphatic carbocycles. The minimum atomic E-state index is -5.28. The van der Waals surface area contributed by atoms with E-state index in [2.05, 4.69) is 20.3 Å². The van der Waals surface area contributed by atoms with Crippen LogP contribution in [0.1, 0.15) is 19.3 Å². The molecule has 0 radical (unpaired) electrons. The predicted molar refractivity (Wildman–Crippen MR) is 124 cm³/mol. The van der Waals surface area contributed by atoms with Gasteiger partial charge in [-0.05, 0) is 73.0 Å². The summed E-state index contributed by atoms with van der Waals surface area (Å²) in [7, 11) is 0. The molecule has 2 aromatic carbocycles. The van der Waals surface area contributed by atoms with Crippen molar-refractivity contribution < 1.29 is 36.9 Å². The molecular weight excluding hydrogens is 540 g/mol. The molecule has 1 N–H and O–H groups in total. The number of nitrogens with one attached hydrogen (secondary N) is 1. The van der Waals surface area contributed by atoms with Crippen LogP contribution in [0, 0.1) is 0 Å². The van der Waals surface area contributed by atoms with E-state index in [-0.39, 0.29) is 36.9 Å². The number of alkyl halides is 3. The van der Waals surface area contributed by atoms with Gasteiger partial charge in [0, 0.05) is 21.1 Å². The van der Waals surface area contributed by atoms with Gasteiger partial charge < -0.3 is 19.4 Å². The van der Waals surface area contributed by atoms with E-state index in [9.17, 15) is 22.8 Å². The molecule has 37 heavy (non-hydrogen) atoms. The molecule has 194 valence electrons. The van der Waals surface area contributed by atoms with Gasteiger partial charge in [0.25, 0.3) is 17.7 Å². The predicted octanol–water partition coefficient (Wildman–Crippen LogP) is 5.06. The van der Waals surface area contributed by atoms with Gasteiger partial charge in [0.05, 0.1) is 5.54 Å². The summed E-state index contributed by atoms with van der Waals surface area (Å²) in [5, 5.41) is 8.45. The summed E-state index contributed by atoms with van der Waals surface area (Å²) < 4.78 is 49.3. The summed E-state index contributed by atoms with van der Waals surface area (Å²) in [5.74, 6) is -2.75. The number of aromatic nitrogens is 2. The summed E-state index contributed by atoms with van der Waals surface area (Å²) in [6.07, 6.45) is -4.69. The van der Waals surface area contributed by atoms with Crippen molar-refractivity contribution in [3.8, 4) is 17.2 Å². The molecule has 3 aromatic rings. The minimum absolute atomic E-state index is 0.175. The van der Waals surface area contributed by atoms with Gasteiger partial charge in [-0.15, -0.1) is 0 Å². The number of carbonyl (C=O) groups is 2. The van der Waals surface area contributed by atoms with Crippen molar-refractivity contribution in [2.45, 2.75) is 36.5 Å². The first-order valence-corrected chi connectivity index (χ1v) is 11.6. The van der Waals surface area contributed by atoms with Gasteiger partial charge >= 0.3 is 12.1 Å². The second-order valence-corrected chi connectivity index (χ2v) is 9.77. The third-order valence-electron chi connectivity index (χ3n) is 6.14. The average molecular weight is 557 g/mol. The highest BCUT2D eigenvalue weighted by Gasteiger charge is 2.74. The Bertz CT molecular complexity index is 1310. The fraction of sp³-hybridized carbons (Fsp3) is 0.304. The Morgan fingerprint density at radius 1 is 1.03 bits per heavy atom. The zero-order valence-corrected chi connectivity index (χ0v) is 20.2. The number of ether oxygens (including phenoxy) is 1. The Labute approximate surface area is 217 Å². The second kappa shape index (κ2) is 9.10. The van der Waals surface area contributed by atoms with Gasteiger partial charge in [0.1, 0.15) is 5.75 Å². The van der Waals surface area contributed by atoms with E-state index >= 15 is 0 Å². The summed E-state index contributed by atoms with van der Waals surface area (Å²) >= 11 is 11.7. The molecule has 0 aliphatic heterocycles. The van der Waals surface area contributed by atoms with Crippen LogP contribution < -0.4 is 10.1 Å². The van der Waals surface area contributed by atoms with Crippen LogP contribution in [-0.4, -0.2) is 50.9 Å². The number of hydroxylamine groups is 2. The van der Waals surface area contributed by atoms with E-state index in [0.29, 0.717) is 20.7 Å². The number of halogens is 5. The second-order valence-electron chi connectivity index (χ2n) is 8.90. The average Bonchev–Trinajstić information content (AvgIpc) is 3.27. The maximum Gasteiger partial charge on any atom is 0.493 e. The Balaban J connectivity index is 1.25. The number of benzene rings is 2. The molecule has 3 aliphatic rings. The Morgan fingerprint density at radius 3 is 2.22 bits per heavy atom. The number of anilines is 1. The quantitative estimate of drug-likeness (QED) is 0.402. The summed E-state index contributed by atoms with van der Waals surface area (Å²) in [4.78, 5) is 33.2. The van der Waals surface area contributed by atoms with Gasteiger partial charge in [0.15, 0.2) is 6.61 Å². The van der Waals surface area contributed by atoms with Crippen molar-refractivity contribution in [1.29, 1.82) is 0 Å². The molecule has 3 fully saturated rings. The number of nitrogens with zero attached hydrogens (tertiary/aromatic N) is 3. The fourth-order valence-corrected chi connectivity index (χ4v) is 4.84. The number of hydrogen-bond donors (Lipinski definition) is 1. The molecule has 0 spiro atoms. The lowest BCUT2D eigenvalue weighted by atomic mass is 9.44. The lowest BCUT2D eigenvalue weighted by Gasteiger charge is -2.71. The molecule has 1 heterocycles. The van der Waals surface area contributed by atoms with Gasteiger partial charge in [0.2, 0.25) is 0 Å². The first-order chi connectivity index (χ1) is 17.5. The highest BCUT2D eigenvalue weighted by atomic mass is 35.5. The molecule has 2 bridgehead atoms. The number of amides is 1. The molecule has 0 atom stereocenters. The molecule has 0 saturated heterocycles. The molecule has 3 saturated carbocycles. The smallest absolute Gasteiger partial charge is 0.484 e. The van der Waals surface area contributed by atoms with Gasteiger partial charge in [-0.2, -0.15) is 23.2 Å². The van der Waals surface area contributed by atoms with E-state index in [4.69, 9.17) is 32.5 Å². The normalized spacial score (nSPS) is 21.9. The molecule has 9 nitrogen and oxygen atoms in total. The topological polar surface area (TPSA) is 107 Å². The third-order valence-corrected chi connectivity index (χ3v) is 6.64. The van der Waals surface area contributed by atoms with Crippen LogP contribution in [0.25, 0.3) is 11.5 Å². The zero-order valence-electron chi connectivity index (χ0n) is 18.7. The highest BCUT2D eigenvalue weighted by Crippen LogP contribution is 2.65. The standard InChI is InChI=1S/C23H17Cl2F3N4O5/c24-14-3-1-13(2-4-14)18-29-20(31-36-18)30-21-10-22(11-21,12-21)32(37-19(34)23(26,27)28)17(33)9-35-16-7-5-15(25)6-8-16/h1-8H,9-12H2,(H,30,31). The van der Waals surface area contributed by atoms with E-state index in [1.54, 1.807) is 24.3 Å². The van der Waals surface area contributed by atoms with Crippen LogP contribution >= 0.6 is 23.2 Å². The lowest BCUT2D eigenvalue weighted by molar-refractivity contribution is -0.295. The van der Waals surface area contributed by atoms with Crippen molar-refractivity contribution in [3.63, 3.8) is 0 Å². The van der Waals surface area contributed by atoms with Crippen LogP contribution in [0.15, 0.2) is 53.1 Å². The molecule has 1 aromatic heterocycles. The first-order valence-electron chi connectivity index (χ1n) is 10.9. The van der Waals surface area contributed by atoms with Crippen molar-refractivity contribution in [2.75, 3.05) is 11.9 Å². The monoisotopic (exact) mass is 556 g/mol. The largest absolute Gasteiger partial charge is 0.493 e. The first kappa shape index (κ1) is 25.2. The SMILES string of the molecule is O=C(COc1ccc(Cl)cc1)N(OC(=O)C(F)(F)F)C12CC(Nc3noc(-c4ccc(Cl)cc4)n3)(C1)C2. The molecule has 6 rings (SSSR count). The lowest BCUT2D eigenvalue weighted by Crippen LogP contribution is -2.82. The minimum Gasteiger partial charge on any atom is -0.484 e. The third kappa shape index (κ3) is 5.03. The summed E-state index contributed by atoms with van der Waals surface area (Å²) in [6.45, 7) is -0.649. The number of rotatable bonds is 7. The van der Waals surface area contributed by atoms with Crippen molar-refractivity contribution >= 4 is 41.0 Å². The van der Waals surface area contributed by atoms with Gasteiger partial charge in [-0.1, -0.05) is 23.2 Å². The fourth-order valence-electron chi connectivity index (χ4n) is 4.58. The van der Waals surface area contributed by atoms with E-state index < -0.39 is 35.7 Å². The van der Waals surface area contributed by atoms with Gasteiger partial charge in [-0.25, -0.2) is 4.79 Å². The van der Waals surface area contributed by atoms with Crippen molar-refractivity contribution in [1.82, 2.24) is 15.2 Å². The Hall–Kier alpha value is -3.51. The Morgan fingerprint density at radius 2 is 1.62 bits per heavy atom. The van der Waals surface area contributed by atoms with Crippen LogP contribution in [0.2, 0.25) is 10.0 Å². The van der Waals surface area contributed by atoms with Crippen molar-refractivity contribution in [3.05, 3.63) is 58.6 Å². The van der Waals surface area contributed by atoms with Gasteiger partial charge in [-0.3, -0.25) is 4.79 Å². The van der Waals surface area contributed by atoms with Crippen LogP contribution in [0.4, 0.5) is 19.1 Å². The highest BCUT2D eigenvalue weighted by molar-refractivity contribution is 6.30. The van der Waals surface area contributed by atoms with E-state index in [1.807, 2.05) is 0 Å². The van der Waals surface area contributed by atoms with Crippen LogP contribution in [0.5, 0.6) is 5.75 Å². The summed E-state index contributed by atoms with van der Waals surface area (Å²) in [5.41, 5.74) is -1.06. The Kier molecular flexibility index (Phi) is 6.19. The van der Waals surface area contributed by atoms with Crippen LogP contribution in [-0.2, 0) is 14.4 Å². The molecule has 1 amide bonds. The zero-order chi connectivity index (χ0) is 26.4. The number of carbonyl (C=O) groups excluding carboxylic acids is 2. The van der Waals surface area contributed by atoms with E-state index in [0.717, 1.165) is 0 Å².